The largest absolute Gasteiger partial charge is 0.481 e. The number of anilines is 1. The van der Waals surface area contributed by atoms with E-state index in [1.54, 1.807) is 0 Å². The number of aromatic nitrogens is 5. The van der Waals surface area contributed by atoms with Crippen molar-refractivity contribution in [3.63, 3.8) is 0 Å². The normalized spacial score (nSPS) is 16.7. The number of ether oxygens (including phenoxy) is 1. The summed E-state index contributed by atoms with van der Waals surface area (Å²) in [7, 11) is -14.2. The molecule has 7 rings (SSSR count). The molecule has 2 aromatic carbocycles. The highest BCUT2D eigenvalue weighted by Crippen LogP contribution is 2.68. The van der Waals surface area contributed by atoms with E-state index >= 15 is 8.78 Å². The summed E-state index contributed by atoms with van der Waals surface area (Å²) in [6.07, 6.45) is -14.8. The highest BCUT2D eigenvalue weighted by atomic mass is 35.5. The fraction of sp³-hybridized carbons (Fsp3) is 0.426. The van der Waals surface area contributed by atoms with Gasteiger partial charge in [-0.25, -0.2) is 44.5 Å². The van der Waals surface area contributed by atoms with E-state index in [-0.39, 0.29) is 31.3 Å². The third-order valence-electron chi connectivity index (χ3n) is 12.9. The number of pyridine rings is 1. The maximum absolute atomic E-state index is 15.7. The molecule has 0 saturated heterocycles. The van der Waals surface area contributed by atoms with E-state index in [1.807, 2.05) is 5.32 Å². The van der Waals surface area contributed by atoms with E-state index in [2.05, 4.69) is 41.6 Å². The van der Waals surface area contributed by atoms with Crippen molar-refractivity contribution in [1.82, 2.24) is 35.2 Å². The third-order valence-corrected chi connectivity index (χ3v) is 16.7. The molecule has 0 aliphatic heterocycles. The molecule has 0 bridgehead atoms. The molecule has 5 N–H and O–H groups in total. The molecular weight excluding hydrogens is 1220 g/mol. The number of aliphatic carboxylic acids is 1. The molecule has 3 amide bonds. The summed E-state index contributed by atoms with van der Waals surface area (Å²) in [4.78, 5) is 74.6. The number of phosphoric ester groups is 1. The zero-order valence-electron chi connectivity index (χ0n) is 42.9. The molecule has 3 aromatic heterocycles. The predicted octanol–water partition coefficient (Wildman–Crippen LogP) is 7.00. The molecular formula is C47H44ClF10N8O14PS2. The second-order valence-electron chi connectivity index (χ2n) is 19.6. The topological polar surface area (TPSA) is 309 Å². The fourth-order valence-corrected chi connectivity index (χ4v) is 10.6. The third kappa shape index (κ3) is 14.7. The fourth-order valence-electron chi connectivity index (χ4n) is 9.05. The number of halogens is 11. The first kappa shape index (κ1) is 63.7. The maximum Gasteiger partial charge on any atom is 0.472 e. The minimum Gasteiger partial charge on any atom is -0.481 e. The Labute approximate surface area is 467 Å². The van der Waals surface area contributed by atoms with Crippen LogP contribution in [-0.2, 0) is 79.7 Å². The summed E-state index contributed by atoms with van der Waals surface area (Å²) >= 11 is 6.65. The second kappa shape index (κ2) is 22.9. The van der Waals surface area contributed by atoms with Gasteiger partial charge in [-0.15, -0.1) is 0 Å². The highest BCUT2D eigenvalue weighted by molar-refractivity contribution is 7.93. The number of sulfonamides is 1. The smallest absolute Gasteiger partial charge is 0.472 e. The van der Waals surface area contributed by atoms with Crippen LogP contribution < -0.4 is 14.9 Å². The van der Waals surface area contributed by atoms with Crippen LogP contribution in [0.1, 0.15) is 85.4 Å². The van der Waals surface area contributed by atoms with Gasteiger partial charge in [-0.2, -0.15) is 49.6 Å². The Morgan fingerprint density at radius 1 is 0.952 bits per heavy atom. The summed E-state index contributed by atoms with van der Waals surface area (Å²) in [5, 5.41) is 19.7. The van der Waals surface area contributed by atoms with E-state index in [4.69, 9.17) is 21.4 Å². The lowest BCUT2D eigenvalue weighted by atomic mass is 9.93. The number of carboxylic acid groups (broad SMARTS) is 1. The van der Waals surface area contributed by atoms with Crippen molar-refractivity contribution < 1.29 is 109 Å². The van der Waals surface area contributed by atoms with Crippen LogP contribution in [0.3, 0.4) is 0 Å². The van der Waals surface area contributed by atoms with Crippen molar-refractivity contribution in [1.29, 1.82) is 0 Å². The first-order valence-electron chi connectivity index (χ1n) is 23.7. The van der Waals surface area contributed by atoms with Crippen molar-refractivity contribution in [3.8, 4) is 23.0 Å². The van der Waals surface area contributed by atoms with Crippen LogP contribution in [0.5, 0.6) is 0 Å². The number of amides is 3. The zero-order valence-corrected chi connectivity index (χ0v) is 46.2. The Bertz CT molecular complexity index is 3790. The van der Waals surface area contributed by atoms with Gasteiger partial charge in [0.1, 0.15) is 40.9 Å². The average Bonchev–Trinajstić information content (AvgIpc) is 3.01. The van der Waals surface area contributed by atoms with Crippen molar-refractivity contribution in [3.05, 3.63) is 93.0 Å². The molecule has 36 heteroatoms. The first-order chi connectivity index (χ1) is 38.1. The Kier molecular flexibility index (Phi) is 17.6. The number of carbonyl (C=O) groups is 4. The molecule has 1 saturated carbocycles. The molecule has 0 unspecified atom stereocenters. The predicted molar refractivity (Wildman–Crippen MR) is 268 cm³/mol. The van der Waals surface area contributed by atoms with Crippen LogP contribution in [-0.4, -0.2) is 116 Å². The number of carbonyl (C=O) groups excluding carboxylic acids is 3. The molecule has 22 nitrogen and oxygen atoms in total. The minimum absolute atomic E-state index is 0.103. The lowest BCUT2D eigenvalue weighted by Gasteiger charge is -2.23. The standard InChI is InChI=1S/C47H44ClF10N8O14PS2/c1-44(2,82(3,75)76)12-11-25-5-7-27(38(59-25)32(15-22-13-23(49)16-24(50)14-22)61-33(67)19-64-41-36(40(62-64)47(56,57)58)29-18-30(29)46(41,54)55)28-8-9-31(48)37-39(28)65(20-45(51,52)53)63-42(37)66(83(4,77)78)34(68)10-6-26(17-35(69)70)60-43(71)79-21-80-81(72,73)74/h5,7-9,13-14,16,26,29-30,32H,6,10,15,17-21H2,1-4H3,(H,60,71)(H,61,67)(H,69,70)(H2,72,73,74)/t26-,29+,30-,32+/m1/s1. The number of fused-ring (bicyclic) bond motifs is 4. The van der Waals surface area contributed by atoms with Crippen LogP contribution in [0.15, 0.2) is 42.5 Å². The van der Waals surface area contributed by atoms with Gasteiger partial charge in [-0.05, 0) is 80.8 Å². The average molecular weight is 1270 g/mol. The molecule has 1 fully saturated rings. The van der Waals surface area contributed by atoms with E-state index in [1.165, 1.54) is 13.8 Å². The van der Waals surface area contributed by atoms with Gasteiger partial charge in [0.15, 0.2) is 21.3 Å². The Balaban J connectivity index is 1.41. The molecule has 4 atom stereocenters. The van der Waals surface area contributed by atoms with Gasteiger partial charge in [0, 0.05) is 47.4 Å². The number of alkyl halides is 8. The monoisotopic (exact) mass is 1260 g/mol. The number of hydrogen-bond donors (Lipinski definition) is 5. The Morgan fingerprint density at radius 3 is 2.17 bits per heavy atom. The first-order valence-corrected chi connectivity index (χ1v) is 29.4. The number of phosphoric acid groups is 1. The lowest BCUT2D eigenvalue weighted by molar-refractivity contribution is -0.143. The number of nitrogens with one attached hydrogen (secondary N) is 2. The molecule has 2 aliphatic rings. The summed E-state index contributed by atoms with van der Waals surface area (Å²) in [5.41, 5.74) is -6.66. The van der Waals surface area contributed by atoms with Crippen molar-refractivity contribution in [2.75, 3.05) is 23.6 Å². The van der Waals surface area contributed by atoms with Crippen LogP contribution in [0.4, 0.5) is 54.5 Å². The summed E-state index contributed by atoms with van der Waals surface area (Å²) in [5.74, 6) is -9.79. The van der Waals surface area contributed by atoms with Crippen molar-refractivity contribution in [2.24, 2.45) is 5.92 Å². The molecule has 0 spiro atoms. The zero-order chi connectivity index (χ0) is 61.9. The molecule has 450 valence electrons. The minimum atomic E-state index is -5.28. The van der Waals surface area contributed by atoms with Gasteiger partial charge in [-0.1, -0.05) is 23.6 Å². The molecule has 83 heavy (non-hydrogen) atoms. The summed E-state index contributed by atoms with van der Waals surface area (Å²) in [6.45, 7) is -2.46. The number of carboxylic acids is 1. The molecule has 3 heterocycles. The Morgan fingerprint density at radius 2 is 1.59 bits per heavy atom. The van der Waals surface area contributed by atoms with Gasteiger partial charge in [0.2, 0.25) is 28.6 Å². The van der Waals surface area contributed by atoms with Crippen LogP contribution in [0.2, 0.25) is 5.02 Å². The van der Waals surface area contributed by atoms with E-state index in [0.29, 0.717) is 12.3 Å². The second-order valence-corrected chi connectivity index (χ2v) is 25.6. The number of benzene rings is 2. The van der Waals surface area contributed by atoms with Crippen LogP contribution in [0, 0.1) is 29.4 Å². The maximum atomic E-state index is 15.7. The SMILES string of the molecule is CC(C)(C#Cc1ccc(-c2ccc(Cl)c3c(N(C(=O)CC[C@H](CC(=O)O)NC(=O)OCOP(=O)(O)O)S(C)(=O)=O)nn(CC(F)(F)F)c23)c([C@H](Cc2cc(F)cc(F)c2)NC(=O)Cn2nc(C(F)(F)F)c3c2C(F)(F)[C@@H]2C[C@H]32)n1)S(C)(=O)=O. The van der Waals surface area contributed by atoms with Gasteiger partial charge < -0.3 is 30.3 Å². The molecule has 5 aromatic rings. The molecule has 0 radical (unpaired) electrons. The van der Waals surface area contributed by atoms with Gasteiger partial charge >= 0.3 is 32.2 Å². The highest BCUT2D eigenvalue weighted by Gasteiger charge is 2.68. The van der Waals surface area contributed by atoms with Gasteiger partial charge in [0.05, 0.1) is 40.3 Å². The summed E-state index contributed by atoms with van der Waals surface area (Å²) < 4.78 is 219. The Hall–Kier alpha value is -6.89. The quantitative estimate of drug-likeness (QED) is 0.0227. The molecule has 2 aliphatic carbocycles. The number of hydrogen-bond acceptors (Lipinski definition) is 14. The van der Waals surface area contributed by atoms with Crippen LogP contribution >= 0.6 is 19.4 Å². The van der Waals surface area contributed by atoms with Crippen molar-refractivity contribution in [2.45, 2.75) is 100 Å². The van der Waals surface area contributed by atoms with Crippen molar-refractivity contribution >= 4 is 79.9 Å². The van der Waals surface area contributed by atoms with E-state index < -0.39 is 211 Å². The number of alkyl carbamates (subject to hydrolysis) is 1. The lowest BCUT2D eigenvalue weighted by Crippen LogP contribution is -2.40. The number of rotatable bonds is 20. The van der Waals surface area contributed by atoms with E-state index in [0.717, 1.165) is 42.7 Å². The van der Waals surface area contributed by atoms with Gasteiger partial charge in [0.25, 0.3) is 5.92 Å². The number of nitrogens with zero attached hydrogens (tertiary/aromatic N) is 6. The number of sulfone groups is 1. The van der Waals surface area contributed by atoms with E-state index in [9.17, 15) is 80.8 Å². The van der Waals surface area contributed by atoms with Crippen LogP contribution in [0.25, 0.3) is 22.0 Å². The summed E-state index contributed by atoms with van der Waals surface area (Å²) in [6, 6.07) is 2.53. The van der Waals surface area contributed by atoms with Gasteiger partial charge in [-0.3, -0.25) is 23.7 Å².